The van der Waals surface area contributed by atoms with Gasteiger partial charge in [0.15, 0.2) is 5.69 Å². The minimum atomic E-state index is -0.289. The Balaban J connectivity index is 1.51. The summed E-state index contributed by atoms with van der Waals surface area (Å²) in [5, 5.41) is 0. The van der Waals surface area contributed by atoms with Gasteiger partial charge in [-0.15, -0.1) is 0 Å². The molecule has 0 saturated carbocycles. The molecule has 1 aromatic rings. The third-order valence-corrected chi connectivity index (χ3v) is 5.99. The molecule has 128 valence electrons. The van der Waals surface area contributed by atoms with E-state index in [0.717, 1.165) is 24.1 Å². The standard InChI is InChI=1S/C19H24FN2O2/c1-21-15-4-3-5-16(21)12-17(11-15)24-19(23)22(2)9-8-13-10-14(20)6-7-18(13)22/h6-10,15-17H,3-5,11-12H2,1-2H3/q+1. The van der Waals surface area contributed by atoms with E-state index in [1.807, 2.05) is 0 Å². The fourth-order valence-electron chi connectivity index (χ4n) is 4.46. The summed E-state index contributed by atoms with van der Waals surface area (Å²) in [5.74, 6) is -0.289. The minimum absolute atomic E-state index is 0.0168. The van der Waals surface area contributed by atoms with Crippen molar-refractivity contribution in [1.82, 2.24) is 9.38 Å². The van der Waals surface area contributed by atoms with E-state index in [1.165, 1.54) is 31.4 Å². The minimum Gasteiger partial charge on any atom is -0.416 e. The summed E-state index contributed by atoms with van der Waals surface area (Å²) in [7, 11) is 3.99. The lowest BCUT2D eigenvalue weighted by molar-refractivity contribution is -0.0244. The highest BCUT2D eigenvalue weighted by Gasteiger charge is 2.44. The largest absolute Gasteiger partial charge is 0.526 e. The highest BCUT2D eigenvalue weighted by molar-refractivity contribution is 5.91. The number of hydrogen-bond acceptors (Lipinski definition) is 3. The van der Waals surface area contributed by atoms with Crippen LogP contribution in [-0.4, -0.2) is 43.3 Å². The van der Waals surface area contributed by atoms with Gasteiger partial charge in [-0.25, -0.2) is 4.39 Å². The van der Waals surface area contributed by atoms with Crippen molar-refractivity contribution in [2.75, 3.05) is 14.1 Å². The average molecular weight is 331 g/mol. The Morgan fingerprint density at radius 1 is 1.29 bits per heavy atom. The molecule has 2 bridgehead atoms. The third-order valence-electron chi connectivity index (χ3n) is 5.99. The molecule has 0 N–H and O–H groups in total. The fourth-order valence-corrected chi connectivity index (χ4v) is 4.46. The molecule has 4 nitrogen and oxygen atoms in total. The van der Waals surface area contributed by atoms with Crippen LogP contribution in [0, 0.1) is 5.82 Å². The van der Waals surface area contributed by atoms with Gasteiger partial charge in [-0.2, -0.15) is 9.28 Å². The SMILES string of the molecule is CN1C2CCCC1CC(OC(=O)[N+]1(C)C=Cc3cc(F)ccc31)C2. The number of carbonyl (C=O) groups is 1. The van der Waals surface area contributed by atoms with Crippen LogP contribution in [-0.2, 0) is 4.74 Å². The number of fused-ring (bicyclic) bond motifs is 3. The van der Waals surface area contributed by atoms with Crippen LogP contribution in [0.4, 0.5) is 14.9 Å². The molecule has 1 amide bonds. The lowest BCUT2D eigenvalue weighted by atomic mass is 9.83. The summed E-state index contributed by atoms with van der Waals surface area (Å²) in [6.45, 7) is 0. The maximum absolute atomic E-state index is 13.4. The normalized spacial score (nSPS) is 34.9. The smallest absolute Gasteiger partial charge is 0.416 e. The molecule has 5 heteroatoms. The maximum Gasteiger partial charge on any atom is 0.526 e. The Morgan fingerprint density at radius 2 is 2.00 bits per heavy atom. The molecule has 2 saturated heterocycles. The van der Waals surface area contributed by atoms with Gasteiger partial charge in [0.1, 0.15) is 18.1 Å². The number of piperidine rings is 2. The molecule has 4 rings (SSSR count). The van der Waals surface area contributed by atoms with Gasteiger partial charge < -0.3 is 9.64 Å². The van der Waals surface area contributed by atoms with Crippen LogP contribution in [0.25, 0.3) is 6.08 Å². The Bertz CT molecular complexity index is 691. The molecule has 24 heavy (non-hydrogen) atoms. The van der Waals surface area contributed by atoms with Crippen LogP contribution in [0.5, 0.6) is 0 Å². The number of benzene rings is 1. The predicted molar refractivity (Wildman–Crippen MR) is 91.8 cm³/mol. The highest BCUT2D eigenvalue weighted by atomic mass is 19.1. The van der Waals surface area contributed by atoms with Crippen molar-refractivity contribution in [3.8, 4) is 0 Å². The summed E-state index contributed by atoms with van der Waals surface area (Å²) >= 11 is 0. The summed E-state index contributed by atoms with van der Waals surface area (Å²) in [5.41, 5.74) is 1.52. The van der Waals surface area contributed by atoms with Gasteiger partial charge in [-0.1, -0.05) is 6.42 Å². The summed E-state index contributed by atoms with van der Waals surface area (Å²) in [6, 6.07) is 5.58. The van der Waals surface area contributed by atoms with E-state index >= 15 is 0 Å². The molecular weight excluding hydrogens is 307 g/mol. The molecule has 3 atom stereocenters. The molecule has 0 aromatic heterocycles. The molecule has 0 radical (unpaired) electrons. The van der Waals surface area contributed by atoms with Crippen molar-refractivity contribution >= 4 is 17.9 Å². The van der Waals surface area contributed by atoms with Crippen molar-refractivity contribution in [2.24, 2.45) is 0 Å². The molecule has 2 fully saturated rings. The van der Waals surface area contributed by atoms with E-state index in [-0.39, 0.29) is 22.5 Å². The quantitative estimate of drug-likeness (QED) is 0.731. The first-order valence-corrected chi connectivity index (χ1v) is 8.76. The molecular formula is C19H24FN2O2+. The van der Waals surface area contributed by atoms with E-state index in [2.05, 4.69) is 11.9 Å². The topological polar surface area (TPSA) is 29.5 Å². The van der Waals surface area contributed by atoms with Gasteiger partial charge in [0, 0.05) is 42.6 Å². The fraction of sp³-hybridized carbons (Fsp3) is 0.526. The molecule has 1 aromatic carbocycles. The summed E-state index contributed by atoms with van der Waals surface area (Å²) < 4.78 is 19.3. The van der Waals surface area contributed by atoms with Crippen LogP contribution < -0.4 is 4.48 Å². The van der Waals surface area contributed by atoms with E-state index < -0.39 is 0 Å². The van der Waals surface area contributed by atoms with E-state index in [0.29, 0.717) is 12.1 Å². The predicted octanol–water partition coefficient (Wildman–Crippen LogP) is 3.90. The highest BCUT2D eigenvalue weighted by Crippen LogP contribution is 2.38. The maximum atomic E-state index is 13.4. The lowest BCUT2D eigenvalue weighted by Crippen LogP contribution is -2.54. The lowest BCUT2D eigenvalue weighted by Gasteiger charge is -2.46. The van der Waals surface area contributed by atoms with Crippen molar-refractivity contribution in [1.29, 1.82) is 0 Å². The second-order valence-electron chi connectivity index (χ2n) is 7.48. The van der Waals surface area contributed by atoms with Gasteiger partial charge in [-0.05, 0) is 32.0 Å². The van der Waals surface area contributed by atoms with Gasteiger partial charge >= 0.3 is 6.09 Å². The van der Waals surface area contributed by atoms with Gasteiger partial charge in [0.25, 0.3) is 0 Å². The first-order chi connectivity index (χ1) is 11.5. The van der Waals surface area contributed by atoms with Crippen molar-refractivity contribution in [2.45, 2.75) is 50.3 Å². The number of quaternary nitrogens is 1. The number of rotatable bonds is 1. The number of nitrogens with zero attached hydrogens (tertiary/aromatic N) is 2. The summed E-state index contributed by atoms with van der Waals surface area (Å²) in [4.78, 5) is 15.3. The number of carbonyl (C=O) groups excluding carboxylic acids is 1. The third kappa shape index (κ3) is 2.47. The summed E-state index contributed by atoms with van der Waals surface area (Å²) in [6.07, 6.45) is 8.77. The van der Waals surface area contributed by atoms with Gasteiger partial charge in [-0.3, -0.25) is 0 Å². The molecule has 3 heterocycles. The number of hydrogen-bond donors (Lipinski definition) is 0. The van der Waals surface area contributed by atoms with Crippen molar-refractivity contribution in [3.05, 3.63) is 35.8 Å². The van der Waals surface area contributed by atoms with E-state index in [1.54, 1.807) is 25.4 Å². The number of ether oxygens (including phenoxy) is 1. The van der Waals surface area contributed by atoms with E-state index in [9.17, 15) is 9.18 Å². The number of amides is 1. The van der Waals surface area contributed by atoms with E-state index in [4.69, 9.17) is 4.74 Å². The van der Waals surface area contributed by atoms with Crippen LogP contribution in [0.3, 0.4) is 0 Å². The van der Waals surface area contributed by atoms with Crippen molar-refractivity contribution in [3.63, 3.8) is 0 Å². The zero-order valence-corrected chi connectivity index (χ0v) is 14.2. The molecule has 3 unspecified atom stereocenters. The Morgan fingerprint density at radius 3 is 2.71 bits per heavy atom. The second kappa shape index (κ2) is 5.67. The van der Waals surface area contributed by atoms with Crippen LogP contribution in [0.15, 0.2) is 24.4 Å². The Kier molecular flexibility index (Phi) is 3.73. The van der Waals surface area contributed by atoms with Gasteiger partial charge in [0.2, 0.25) is 0 Å². The van der Waals surface area contributed by atoms with Crippen LogP contribution >= 0.6 is 0 Å². The average Bonchev–Trinajstić information content (AvgIpc) is 2.86. The van der Waals surface area contributed by atoms with Crippen LogP contribution in [0.2, 0.25) is 0 Å². The molecule has 0 spiro atoms. The van der Waals surface area contributed by atoms with Crippen molar-refractivity contribution < 1.29 is 13.9 Å². The number of halogens is 1. The Hall–Kier alpha value is -1.72. The molecule has 0 aliphatic carbocycles. The zero-order valence-electron chi connectivity index (χ0n) is 14.2. The molecule has 3 aliphatic rings. The first kappa shape index (κ1) is 15.8. The Labute approximate surface area is 142 Å². The first-order valence-electron chi connectivity index (χ1n) is 8.76. The van der Waals surface area contributed by atoms with Gasteiger partial charge in [0.05, 0.1) is 7.05 Å². The zero-order chi connectivity index (χ0) is 16.9. The second-order valence-corrected chi connectivity index (χ2v) is 7.48. The monoisotopic (exact) mass is 331 g/mol. The van der Waals surface area contributed by atoms with Crippen LogP contribution in [0.1, 0.15) is 37.7 Å². The molecule has 3 aliphatic heterocycles.